The van der Waals surface area contributed by atoms with Crippen molar-refractivity contribution in [1.29, 1.82) is 0 Å². The van der Waals surface area contributed by atoms with E-state index >= 15 is 0 Å². The Labute approximate surface area is 123 Å². The topological polar surface area (TPSA) is 44.8 Å². The maximum absolute atomic E-state index is 11.8. The molecule has 1 aliphatic heterocycles. The zero-order valence-electron chi connectivity index (χ0n) is 12.0. The fourth-order valence-corrected chi connectivity index (χ4v) is 2.50. The quantitative estimate of drug-likeness (QED) is 0.810. The minimum Gasteiger partial charge on any atom is -0.497 e. The number of methoxy groups -OCH3 is 1. The molecule has 1 atom stereocenters. The lowest BCUT2D eigenvalue weighted by Gasteiger charge is -2.10. The number of carbonyl (C=O) groups is 1. The van der Waals surface area contributed by atoms with Gasteiger partial charge in [-0.1, -0.05) is 18.2 Å². The van der Waals surface area contributed by atoms with E-state index in [2.05, 4.69) is 0 Å². The van der Waals surface area contributed by atoms with Crippen molar-refractivity contribution >= 4 is 16.7 Å². The van der Waals surface area contributed by atoms with Gasteiger partial charge < -0.3 is 14.2 Å². The van der Waals surface area contributed by atoms with Crippen LogP contribution in [-0.2, 0) is 20.9 Å². The molecule has 4 heteroatoms. The summed E-state index contributed by atoms with van der Waals surface area (Å²) < 4.78 is 15.8. The fourth-order valence-electron chi connectivity index (χ4n) is 2.50. The second kappa shape index (κ2) is 6.14. The minimum atomic E-state index is -0.380. The summed E-state index contributed by atoms with van der Waals surface area (Å²) in [6.45, 7) is 0.929. The van der Waals surface area contributed by atoms with Gasteiger partial charge in [0.15, 0.2) is 6.10 Å². The van der Waals surface area contributed by atoms with Crippen molar-refractivity contribution in [3.63, 3.8) is 0 Å². The van der Waals surface area contributed by atoms with Crippen molar-refractivity contribution in [2.24, 2.45) is 0 Å². The predicted octanol–water partition coefficient (Wildman–Crippen LogP) is 3.07. The Bertz CT molecular complexity index is 644. The number of benzene rings is 2. The highest BCUT2D eigenvalue weighted by molar-refractivity contribution is 5.84. The first-order valence-corrected chi connectivity index (χ1v) is 7.11. The Kier molecular flexibility index (Phi) is 4.06. The lowest BCUT2D eigenvalue weighted by atomic mass is 10.1. The molecule has 21 heavy (non-hydrogen) atoms. The van der Waals surface area contributed by atoms with Crippen LogP contribution in [0.3, 0.4) is 0 Å². The molecule has 0 aliphatic carbocycles. The summed E-state index contributed by atoms with van der Waals surface area (Å²) >= 11 is 0. The Morgan fingerprint density at radius 1 is 1.24 bits per heavy atom. The second-order valence-corrected chi connectivity index (χ2v) is 5.16. The van der Waals surface area contributed by atoms with Crippen molar-refractivity contribution in [1.82, 2.24) is 0 Å². The van der Waals surface area contributed by atoms with Crippen LogP contribution in [0.2, 0.25) is 0 Å². The zero-order valence-corrected chi connectivity index (χ0v) is 12.0. The van der Waals surface area contributed by atoms with Crippen LogP contribution in [0.5, 0.6) is 5.75 Å². The van der Waals surface area contributed by atoms with E-state index in [0.29, 0.717) is 6.61 Å². The largest absolute Gasteiger partial charge is 0.497 e. The third kappa shape index (κ3) is 3.16. The predicted molar refractivity (Wildman–Crippen MR) is 79.3 cm³/mol. The highest BCUT2D eigenvalue weighted by atomic mass is 16.6. The van der Waals surface area contributed by atoms with Crippen molar-refractivity contribution < 1.29 is 19.0 Å². The van der Waals surface area contributed by atoms with Gasteiger partial charge in [0, 0.05) is 6.61 Å². The van der Waals surface area contributed by atoms with Gasteiger partial charge in [-0.2, -0.15) is 0 Å². The number of rotatable bonds is 4. The summed E-state index contributed by atoms with van der Waals surface area (Å²) in [6.07, 6.45) is 1.31. The van der Waals surface area contributed by atoms with Crippen LogP contribution < -0.4 is 4.74 Å². The van der Waals surface area contributed by atoms with E-state index in [1.165, 1.54) is 0 Å². The van der Waals surface area contributed by atoms with E-state index < -0.39 is 0 Å². The van der Waals surface area contributed by atoms with Crippen molar-refractivity contribution in [2.75, 3.05) is 13.7 Å². The van der Waals surface area contributed by atoms with Gasteiger partial charge in [0.25, 0.3) is 0 Å². The summed E-state index contributed by atoms with van der Waals surface area (Å²) in [4.78, 5) is 11.8. The number of fused-ring (bicyclic) bond motifs is 1. The van der Waals surface area contributed by atoms with Crippen LogP contribution in [0.25, 0.3) is 10.8 Å². The van der Waals surface area contributed by atoms with Gasteiger partial charge in [-0.15, -0.1) is 0 Å². The summed E-state index contributed by atoms with van der Waals surface area (Å²) in [5.41, 5.74) is 0.971. The monoisotopic (exact) mass is 286 g/mol. The lowest BCUT2D eigenvalue weighted by Crippen LogP contribution is -2.21. The van der Waals surface area contributed by atoms with E-state index in [-0.39, 0.29) is 18.7 Å². The molecule has 0 N–H and O–H groups in total. The Balaban J connectivity index is 1.68. The Morgan fingerprint density at radius 2 is 2.05 bits per heavy atom. The molecule has 0 spiro atoms. The maximum Gasteiger partial charge on any atom is 0.335 e. The highest BCUT2D eigenvalue weighted by Gasteiger charge is 2.24. The van der Waals surface area contributed by atoms with Crippen LogP contribution in [0.15, 0.2) is 36.4 Å². The summed E-state index contributed by atoms with van der Waals surface area (Å²) in [7, 11) is 1.65. The molecule has 0 radical (unpaired) electrons. The van der Waals surface area contributed by atoms with Crippen LogP contribution in [0.1, 0.15) is 18.4 Å². The lowest BCUT2D eigenvalue weighted by molar-refractivity contribution is -0.155. The molecular formula is C17H18O4. The number of hydrogen-bond donors (Lipinski definition) is 0. The summed E-state index contributed by atoms with van der Waals surface area (Å²) in [5.74, 6) is 0.572. The highest BCUT2D eigenvalue weighted by Crippen LogP contribution is 2.22. The third-order valence-electron chi connectivity index (χ3n) is 3.69. The number of ether oxygens (including phenoxy) is 3. The average Bonchev–Trinajstić information content (AvgIpc) is 3.06. The average molecular weight is 286 g/mol. The van der Waals surface area contributed by atoms with E-state index in [1.807, 2.05) is 36.4 Å². The Morgan fingerprint density at radius 3 is 2.81 bits per heavy atom. The van der Waals surface area contributed by atoms with Gasteiger partial charge in [-0.05, 0) is 47.4 Å². The van der Waals surface area contributed by atoms with Gasteiger partial charge in [0.2, 0.25) is 0 Å². The SMILES string of the molecule is COc1ccc2cc(COC(=O)C3CCCO3)ccc2c1. The van der Waals surface area contributed by atoms with Crippen LogP contribution in [-0.4, -0.2) is 25.8 Å². The Hall–Kier alpha value is -2.07. The van der Waals surface area contributed by atoms with Gasteiger partial charge in [-0.3, -0.25) is 0 Å². The van der Waals surface area contributed by atoms with Gasteiger partial charge in [-0.25, -0.2) is 4.79 Å². The van der Waals surface area contributed by atoms with E-state index in [1.54, 1.807) is 7.11 Å². The van der Waals surface area contributed by atoms with Crippen LogP contribution in [0, 0.1) is 0 Å². The first kappa shape index (κ1) is 13.9. The molecule has 2 aromatic rings. The molecule has 4 nitrogen and oxygen atoms in total. The van der Waals surface area contributed by atoms with Crippen LogP contribution in [0.4, 0.5) is 0 Å². The number of hydrogen-bond acceptors (Lipinski definition) is 4. The molecule has 1 fully saturated rings. The molecule has 1 heterocycles. The second-order valence-electron chi connectivity index (χ2n) is 5.16. The van der Waals surface area contributed by atoms with Crippen molar-refractivity contribution in [3.05, 3.63) is 42.0 Å². The molecule has 0 bridgehead atoms. The van der Waals surface area contributed by atoms with Gasteiger partial charge >= 0.3 is 5.97 Å². The van der Waals surface area contributed by atoms with Gasteiger partial charge in [0.1, 0.15) is 12.4 Å². The zero-order chi connectivity index (χ0) is 14.7. The number of carbonyl (C=O) groups excluding carboxylic acids is 1. The first-order valence-electron chi connectivity index (χ1n) is 7.11. The van der Waals surface area contributed by atoms with Gasteiger partial charge in [0.05, 0.1) is 7.11 Å². The summed E-state index contributed by atoms with van der Waals surface area (Å²) in [5, 5.41) is 2.20. The molecule has 0 amide bonds. The molecule has 2 aromatic carbocycles. The van der Waals surface area contributed by atoms with E-state index in [4.69, 9.17) is 14.2 Å². The first-order chi connectivity index (χ1) is 10.3. The molecule has 1 saturated heterocycles. The molecule has 3 rings (SSSR count). The molecular weight excluding hydrogens is 268 g/mol. The number of esters is 1. The van der Waals surface area contributed by atoms with E-state index in [0.717, 1.165) is 34.9 Å². The smallest absolute Gasteiger partial charge is 0.335 e. The maximum atomic E-state index is 11.8. The molecule has 0 aromatic heterocycles. The minimum absolute atomic E-state index is 0.262. The van der Waals surface area contributed by atoms with Crippen molar-refractivity contribution in [2.45, 2.75) is 25.6 Å². The molecule has 110 valence electrons. The molecule has 0 saturated carbocycles. The van der Waals surface area contributed by atoms with E-state index in [9.17, 15) is 4.79 Å². The van der Waals surface area contributed by atoms with Crippen molar-refractivity contribution in [3.8, 4) is 5.75 Å². The third-order valence-corrected chi connectivity index (χ3v) is 3.69. The molecule has 1 aliphatic rings. The fraction of sp³-hybridized carbons (Fsp3) is 0.353. The molecule has 1 unspecified atom stereocenters. The normalized spacial score (nSPS) is 17.9. The summed E-state index contributed by atoms with van der Waals surface area (Å²) in [6, 6.07) is 11.9. The standard InChI is InChI=1S/C17H18O4/c1-19-15-7-6-13-9-12(4-5-14(13)10-15)11-21-17(18)16-3-2-8-20-16/h4-7,9-10,16H,2-3,8,11H2,1H3. The van der Waals surface area contributed by atoms with Crippen LogP contribution >= 0.6 is 0 Å².